The molecule has 4 rings (SSSR count). The number of H-pyrrole nitrogens is 1. The van der Waals surface area contributed by atoms with Crippen molar-refractivity contribution in [2.45, 2.75) is 38.3 Å². The highest BCUT2D eigenvalue weighted by molar-refractivity contribution is 5.82. The van der Waals surface area contributed by atoms with E-state index >= 15 is 0 Å². The van der Waals surface area contributed by atoms with E-state index in [1.54, 1.807) is 12.3 Å². The van der Waals surface area contributed by atoms with Gasteiger partial charge in [0.15, 0.2) is 0 Å². The number of hydrogen-bond acceptors (Lipinski definition) is 6. The number of amides is 1. The highest BCUT2D eigenvalue weighted by Crippen LogP contribution is 2.41. The van der Waals surface area contributed by atoms with Gasteiger partial charge in [-0.1, -0.05) is 6.92 Å². The number of aromatic nitrogens is 4. The molecule has 1 saturated heterocycles. The molecule has 3 aromatic rings. The second-order valence-electron chi connectivity index (χ2n) is 9.56. The molecule has 1 aliphatic heterocycles. The number of nitrogens with zero attached hydrogens (tertiary/aromatic N) is 5. The average Bonchev–Trinajstić information content (AvgIpc) is 3.33. The minimum atomic E-state index is -4.85. The molecular formula is C26H31F4N7O. The van der Waals surface area contributed by atoms with Crippen LogP contribution in [0.25, 0.3) is 22.5 Å². The van der Waals surface area contributed by atoms with Crippen molar-refractivity contribution >= 4 is 11.9 Å². The topological polar surface area (TPSA) is 90.0 Å². The van der Waals surface area contributed by atoms with Crippen LogP contribution in [0.15, 0.2) is 30.5 Å². The fourth-order valence-corrected chi connectivity index (χ4v) is 4.62. The average molecular weight is 534 g/mol. The van der Waals surface area contributed by atoms with Gasteiger partial charge in [0.2, 0.25) is 11.9 Å². The van der Waals surface area contributed by atoms with Crippen molar-refractivity contribution in [3.63, 3.8) is 0 Å². The molecule has 1 aliphatic rings. The SMILES string of the molecule is CCC(=O)N1CCC(c2[nH]nc(-c3ccc(F)c(C(F)(F)F)c3)c2-c2ccnc(NCCN(C)C)n2)CC1. The van der Waals surface area contributed by atoms with Gasteiger partial charge in [-0.2, -0.15) is 18.3 Å². The molecule has 204 valence electrons. The van der Waals surface area contributed by atoms with E-state index in [0.717, 1.165) is 24.4 Å². The number of likely N-dealkylation sites (tertiary alicyclic amines) is 1. The first-order valence-electron chi connectivity index (χ1n) is 12.5. The maximum Gasteiger partial charge on any atom is 0.419 e. The number of piperidine rings is 1. The van der Waals surface area contributed by atoms with Crippen molar-refractivity contribution in [2.75, 3.05) is 45.6 Å². The van der Waals surface area contributed by atoms with E-state index in [0.29, 0.717) is 56.1 Å². The summed E-state index contributed by atoms with van der Waals surface area (Å²) in [5.74, 6) is -0.902. The number of nitrogens with one attached hydrogen (secondary N) is 2. The number of benzene rings is 1. The second kappa shape index (κ2) is 11.5. The van der Waals surface area contributed by atoms with Gasteiger partial charge in [-0.15, -0.1) is 0 Å². The van der Waals surface area contributed by atoms with Gasteiger partial charge in [-0.3, -0.25) is 9.89 Å². The lowest BCUT2D eigenvalue weighted by atomic mass is 9.88. The second-order valence-corrected chi connectivity index (χ2v) is 9.56. The first-order valence-corrected chi connectivity index (χ1v) is 12.5. The minimum Gasteiger partial charge on any atom is -0.353 e. The Kier molecular flexibility index (Phi) is 8.29. The maximum atomic E-state index is 14.0. The largest absolute Gasteiger partial charge is 0.419 e. The summed E-state index contributed by atoms with van der Waals surface area (Å²) in [6.07, 6.45) is -1.51. The van der Waals surface area contributed by atoms with E-state index in [1.165, 1.54) is 6.07 Å². The molecule has 0 radical (unpaired) electrons. The predicted octanol–water partition coefficient (Wildman–Crippen LogP) is 4.78. The van der Waals surface area contributed by atoms with E-state index in [1.807, 2.05) is 30.8 Å². The first-order chi connectivity index (χ1) is 18.1. The molecule has 0 saturated carbocycles. The van der Waals surface area contributed by atoms with Gasteiger partial charge in [-0.05, 0) is 51.2 Å². The molecule has 2 aromatic heterocycles. The van der Waals surface area contributed by atoms with Gasteiger partial charge in [0.25, 0.3) is 0 Å². The Labute approximate surface area is 218 Å². The van der Waals surface area contributed by atoms with E-state index in [4.69, 9.17) is 0 Å². The summed E-state index contributed by atoms with van der Waals surface area (Å²) >= 11 is 0. The number of aromatic amines is 1. The lowest BCUT2D eigenvalue weighted by Crippen LogP contribution is -2.37. The van der Waals surface area contributed by atoms with Crippen molar-refractivity contribution in [1.29, 1.82) is 0 Å². The molecule has 1 aromatic carbocycles. The summed E-state index contributed by atoms with van der Waals surface area (Å²) in [5.41, 5.74) is 0.759. The summed E-state index contributed by atoms with van der Waals surface area (Å²) in [7, 11) is 3.89. The third-order valence-electron chi connectivity index (χ3n) is 6.65. The standard InChI is InChI=1S/C26H31F4N7O/c1-4-21(38)37-12-8-16(9-13-37)23-22(20-7-10-31-25(33-20)32-11-14-36(2)3)24(35-34-23)17-5-6-19(27)18(15-17)26(28,29)30/h5-7,10,15-16H,4,8-9,11-14H2,1-3H3,(H,34,35)(H,31,32,33). The van der Waals surface area contributed by atoms with Crippen molar-refractivity contribution in [3.8, 4) is 22.5 Å². The summed E-state index contributed by atoms with van der Waals surface area (Å²) < 4.78 is 54.5. The summed E-state index contributed by atoms with van der Waals surface area (Å²) in [4.78, 5) is 24.9. The van der Waals surface area contributed by atoms with Crippen LogP contribution in [0.4, 0.5) is 23.5 Å². The Morgan fingerprint density at radius 3 is 2.61 bits per heavy atom. The third kappa shape index (κ3) is 6.12. The lowest BCUT2D eigenvalue weighted by Gasteiger charge is -2.31. The molecule has 0 bridgehead atoms. The molecule has 8 nitrogen and oxygen atoms in total. The van der Waals surface area contributed by atoms with Gasteiger partial charge in [-0.25, -0.2) is 14.4 Å². The van der Waals surface area contributed by atoms with E-state index in [9.17, 15) is 22.4 Å². The Hall–Kier alpha value is -3.54. The van der Waals surface area contributed by atoms with E-state index in [2.05, 4.69) is 25.5 Å². The van der Waals surface area contributed by atoms with Crippen LogP contribution in [0.5, 0.6) is 0 Å². The molecule has 1 amide bonds. The van der Waals surface area contributed by atoms with Crippen LogP contribution in [0.2, 0.25) is 0 Å². The molecule has 3 heterocycles. The van der Waals surface area contributed by atoms with Crippen LogP contribution in [0, 0.1) is 5.82 Å². The summed E-state index contributed by atoms with van der Waals surface area (Å²) in [6.45, 7) is 4.31. The Morgan fingerprint density at radius 2 is 1.95 bits per heavy atom. The number of rotatable bonds is 8. The monoisotopic (exact) mass is 533 g/mol. The van der Waals surface area contributed by atoms with Gasteiger partial charge >= 0.3 is 6.18 Å². The van der Waals surface area contributed by atoms with Gasteiger partial charge in [0.1, 0.15) is 11.5 Å². The number of hydrogen-bond donors (Lipinski definition) is 2. The zero-order chi connectivity index (χ0) is 27.4. The highest BCUT2D eigenvalue weighted by atomic mass is 19.4. The van der Waals surface area contributed by atoms with Crippen LogP contribution in [-0.4, -0.2) is 76.1 Å². The van der Waals surface area contributed by atoms with Crippen LogP contribution >= 0.6 is 0 Å². The fourth-order valence-electron chi connectivity index (χ4n) is 4.62. The molecule has 0 atom stereocenters. The van der Waals surface area contributed by atoms with Crippen LogP contribution in [0.1, 0.15) is 43.4 Å². The zero-order valence-corrected chi connectivity index (χ0v) is 21.6. The molecule has 0 spiro atoms. The van der Waals surface area contributed by atoms with E-state index < -0.39 is 17.6 Å². The third-order valence-corrected chi connectivity index (χ3v) is 6.65. The van der Waals surface area contributed by atoms with Crippen LogP contribution in [-0.2, 0) is 11.0 Å². The first kappa shape index (κ1) is 27.5. The number of carbonyl (C=O) groups excluding carboxylic acids is 1. The van der Waals surface area contributed by atoms with Gasteiger partial charge < -0.3 is 15.1 Å². The molecule has 0 unspecified atom stereocenters. The maximum absolute atomic E-state index is 14.0. The quantitative estimate of drug-likeness (QED) is 0.405. The molecule has 38 heavy (non-hydrogen) atoms. The fraction of sp³-hybridized carbons (Fsp3) is 0.462. The molecule has 2 N–H and O–H groups in total. The zero-order valence-electron chi connectivity index (χ0n) is 21.6. The molecule has 0 aliphatic carbocycles. The van der Waals surface area contributed by atoms with Gasteiger partial charge in [0, 0.05) is 61.5 Å². The number of anilines is 1. The lowest BCUT2D eigenvalue weighted by molar-refractivity contribution is -0.140. The molecule has 1 fully saturated rings. The Bertz CT molecular complexity index is 1270. The Balaban J connectivity index is 1.75. The Morgan fingerprint density at radius 1 is 1.21 bits per heavy atom. The minimum absolute atomic E-state index is 0.0187. The van der Waals surface area contributed by atoms with Crippen molar-refractivity contribution < 1.29 is 22.4 Å². The number of carbonyl (C=O) groups is 1. The smallest absolute Gasteiger partial charge is 0.353 e. The number of halogens is 4. The highest BCUT2D eigenvalue weighted by Gasteiger charge is 2.35. The van der Waals surface area contributed by atoms with Crippen LogP contribution in [0.3, 0.4) is 0 Å². The summed E-state index contributed by atoms with van der Waals surface area (Å²) in [5, 5.41) is 10.6. The van der Waals surface area contributed by atoms with Crippen molar-refractivity contribution in [1.82, 2.24) is 30.0 Å². The normalized spacial score (nSPS) is 14.8. The number of alkyl halides is 3. The van der Waals surface area contributed by atoms with Crippen molar-refractivity contribution in [3.05, 3.63) is 47.5 Å². The van der Waals surface area contributed by atoms with Crippen molar-refractivity contribution in [2.24, 2.45) is 0 Å². The number of likely N-dealkylation sites (N-methyl/N-ethyl adjacent to an activating group) is 1. The summed E-state index contributed by atoms with van der Waals surface area (Å²) in [6, 6.07) is 4.55. The van der Waals surface area contributed by atoms with E-state index in [-0.39, 0.29) is 23.1 Å². The molecular weight excluding hydrogens is 502 g/mol. The predicted molar refractivity (Wildman–Crippen MR) is 136 cm³/mol. The molecule has 12 heteroatoms. The van der Waals surface area contributed by atoms with Crippen LogP contribution < -0.4 is 5.32 Å². The van der Waals surface area contributed by atoms with Gasteiger partial charge in [0.05, 0.1) is 11.3 Å².